The third-order valence-corrected chi connectivity index (χ3v) is 4.60. The van der Waals surface area contributed by atoms with Crippen LogP contribution < -0.4 is 15.8 Å². The predicted octanol–water partition coefficient (Wildman–Crippen LogP) is 3.69. The van der Waals surface area contributed by atoms with Gasteiger partial charge in [-0.05, 0) is 73.8 Å². The average Bonchev–Trinajstić information content (AvgIpc) is 2.47. The van der Waals surface area contributed by atoms with E-state index in [1.54, 1.807) is 12.1 Å². The fourth-order valence-electron chi connectivity index (χ4n) is 1.68. The molecule has 0 radical (unpaired) electrons. The summed E-state index contributed by atoms with van der Waals surface area (Å²) in [6.45, 7) is 0.604. The highest BCUT2D eigenvalue weighted by Crippen LogP contribution is 2.24. The van der Waals surface area contributed by atoms with Crippen molar-refractivity contribution in [3.05, 3.63) is 57.0 Å². The molecule has 0 saturated heterocycles. The lowest BCUT2D eigenvalue weighted by Gasteiger charge is -2.09. The summed E-state index contributed by atoms with van der Waals surface area (Å²) in [5, 5.41) is 3.32. The Morgan fingerprint density at radius 3 is 2.43 bits per heavy atom. The number of primary amides is 1. The van der Waals surface area contributed by atoms with Crippen LogP contribution in [0.2, 0.25) is 0 Å². The topological polar surface area (TPSA) is 64.4 Å². The minimum Gasteiger partial charge on any atom is -0.484 e. The van der Waals surface area contributed by atoms with Crippen LogP contribution in [-0.2, 0) is 11.3 Å². The maximum Gasteiger partial charge on any atom is 0.255 e. The van der Waals surface area contributed by atoms with Gasteiger partial charge in [0.15, 0.2) is 6.61 Å². The Bertz CT molecular complexity index is 630. The van der Waals surface area contributed by atoms with Crippen LogP contribution >= 0.6 is 31.9 Å². The second-order valence-corrected chi connectivity index (χ2v) is 6.09. The number of anilines is 1. The molecule has 2 aromatic carbocycles. The normalized spacial score (nSPS) is 10.2. The fourth-order valence-corrected chi connectivity index (χ4v) is 2.35. The summed E-state index contributed by atoms with van der Waals surface area (Å²) in [5.41, 5.74) is 7.16. The highest BCUT2D eigenvalue weighted by molar-refractivity contribution is 9.13. The van der Waals surface area contributed by atoms with Crippen molar-refractivity contribution in [2.45, 2.75) is 6.54 Å². The molecule has 3 N–H and O–H groups in total. The van der Waals surface area contributed by atoms with Gasteiger partial charge in [0.05, 0.1) is 0 Å². The first-order valence-corrected chi connectivity index (χ1v) is 7.82. The first-order valence-electron chi connectivity index (χ1n) is 6.23. The summed E-state index contributed by atoms with van der Waals surface area (Å²) in [7, 11) is 0. The molecule has 21 heavy (non-hydrogen) atoms. The SMILES string of the molecule is NC(=O)COc1ccc(NCc2ccc(Br)c(Br)c2)cc1. The minimum absolute atomic E-state index is 0.111. The summed E-state index contributed by atoms with van der Waals surface area (Å²) in [4.78, 5) is 10.6. The molecule has 2 aromatic rings. The van der Waals surface area contributed by atoms with Crippen LogP contribution in [0.4, 0.5) is 5.69 Å². The molecule has 0 aliphatic carbocycles. The number of ether oxygens (including phenoxy) is 1. The van der Waals surface area contributed by atoms with Crippen molar-refractivity contribution >= 4 is 43.5 Å². The highest BCUT2D eigenvalue weighted by Gasteiger charge is 2.00. The minimum atomic E-state index is -0.488. The van der Waals surface area contributed by atoms with E-state index in [0.29, 0.717) is 12.3 Å². The van der Waals surface area contributed by atoms with E-state index in [-0.39, 0.29) is 6.61 Å². The van der Waals surface area contributed by atoms with E-state index in [1.165, 1.54) is 5.56 Å². The number of halogens is 2. The van der Waals surface area contributed by atoms with Crippen LogP contribution in [-0.4, -0.2) is 12.5 Å². The lowest BCUT2D eigenvalue weighted by Crippen LogP contribution is -2.19. The molecule has 0 unspecified atom stereocenters. The van der Waals surface area contributed by atoms with Crippen molar-refractivity contribution in [1.82, 2.24) is 0 Å². The smallest absolute Gasteiger partial charge is 0.255 e. The van der Waals surface area contributed by atoms with E-state index in [4.69, 9.17) is 10.5 Å². The van der Waals surface area contributed by atoms with Crippen LogP contribution in [0, 0.1) is 0 Å². The van der Waals surface area contributed by atoms with Gasteiger partial charge in [-0.25, -0.2) is 0 Å². The number of hydrogen-bond acceptors (Lipinski definition) is 3. The number of nitrogens with one attached hydrogen (secondary N) is 1. The molecule has 0 saturated carbocycles. The Balaban J connectivity index is 1.91. The van der Waals surface area contributed by atoms with Gasteiger partial charge in [0.2, 0.25) is 0 Å². The number of nitrogens with two attached hydrogens (primary N) is 1. The molecule has 0 aromatic heterocycles. The maximum atomic E-state index is 10.6. The largest absolute Gasteiger partial charge is 0.484 e. The molecule has 0 fully saturated rings. The zero-order valence-electron chi connectivity index (χ0n) is 11.1. The molecule has 4 nitrogen and oxygen atoms in total. The van der Waals surface area contributed by atoms with Crippen LogP contribution in [0.3, 0.4) is 0 Å². The van der Waals surface area contributed by atoms with E-state index in [9.17, 15) is 4.79 Å². The van der Waals surface area contributed by atoms with Gasteiger partial charge >= 0.3 is 0 Å². The van der Waals surface area contributed by atoms with Crippen LogP contribution in [0.5, 0.6) is 5.75 Å². The Morgan fingerprint density at radius 1 is 1.10 bits per heavy atom. The first-order chi connectivity index (χ1) is 10.0. The quantitative estimate of drug-likeness (QED) is 0.758. The van der Waals surface area contributed by atoms with Crippen LogP contribution in [0.25, 0.3) is 0 Å². The molecule has 2 rings (SSSR count). The zero-order valence-corrected chi connectivity index (χ0v) is 14.3. The highest BCUT2D eigenvalue weighted by atomic mass is 79.9. The van der Waals surface area contributed by atoms with Crippen molar-refractivity contribution in [3.8, 4) is 5.75 Å². The molecule has 0 atom stereocenters. The number of benzene rings is 2. The zero-order chi connectivity index (χ0) is 15.2. The number of hydrogen-bond donors (Lipinski definition) is 2. The van der Waals surface area contributed by atoms with Gasteiger partial charge in [-0.15, -0.1) is 0 Å². The summed E-state index contributed by atoms with van der Waals surface area (Å²) >= 11 is 6.93. The Morgan fingerprint density at radius 2 is 1.81 bits per heavy atom. The first kappa shape index (κ1) is 15.9. The molecule has 0 aliphatic heterocycles. The fraction of sp³-hybridized carbons (Fsp3) is 0.133. The van der Waals surface area contributed by atoms with Crippen LogP contribution in [0.15, 0.2) is 51.4 Å². The third kappa shape index (κ3) is 5.06. The molecule has 1 amide bonds. The number of carbonyl (C=O) groups excluding carboxylic acids is 1. The van der Waals surface area contributed by atoms with E-state index in [1.807, 2.05) is 24.3 Å². The number of amides is 1. The van der Waals surface area contributed by atoms with Crippen molar-refractivity contribution in [1.29, 1.82) is 0 Å². The molecule has 0 aliphatic rings. The monoisotopic (exact) mass is 412 g/mol. The average molecular weight is 414 g/mol. The van der Waals surface area contributed by atoms with E-state index < -0.39 is 5.91 Å². The van der Waals surface area contributed by atoms with Crippen LogP contribution in [0.1, 0.15) is 5.56 Å². The maximum absolute atomic E-state index is 10.6. The van der Waals surface area contributed by atoms with E-state index in [2.05, 4.69) is 43.2 Å². The van der Waals surface area contributed by atoms with Gasteiger partial charge in [-0.2, -0.15) is 0 Å². The van der Waals surface area contributed by atoms with Gasteiger partial charge < -0.3 is 15.8 Å². The van der Waals surface area contributed by atoms with Gasteiger partial charge in [0, 0.05) is 21.2 Å². The van der Waals surface area contributed by atoms with Crippen molar-refractivity contribution in [2.75, 3.05) is 11.9 Å². The van der Waals surface area contributed by atoms with Gasteiger partial charge in [0.1, 0.15) is 5.75 Å². The summed E-state index contributed by atoms with van der Waals surface area (Å²) in [5.74, 6) is 0.128. The van der Waals surface area contributed by atoms with Gasteiger partial charge in [-0.1, -0.05) is 6.07 Å². The number of carbonyl (C=O) groups is 1. The molecule has 0 bridgehead atoms. The second kappa shape index (κ2) is 7.47. The lowest BCUT2D eigenvalue weighted by atomic mass is 10.2. The summed E-state index contributed by atoms with van der Waals surface area (Å²) in [6.07, 6.45) is 0. The number of rotatable bonds is 6. The molecule has 110 valence electrons. The molecule has 0 spiro atoms. The molecular formula is C15H14Br2N2O2. The Kier molecular flexibility index (Phi) is 5.64. The van der Waals surface area contributed by atoms with E-state index in [0.717, 1.165) is 14.6 Å². The van der Waals surface area contributed by atoms with Crippen molar-refractivity contribution in [3.63, 3.8) is 0 Å². The predicted molar refractivity (Wildman–Crippen MR) is 90.3 cm³/mol. The van der Waals surface area contributed by atoms with Gasteiger partial charge in [-0.3, -0.25) is 4.79 Å². The second-order valence-electron chi connectivity index (χ2n) is 4.38. The van der Waals surface area contributed by atoms with Crippen molar-refractivity contribution < 1.29 is 9.53 Å². The molecular weight excluding hydrogens is 400 g/mol. The molecule has 0 heterocycles. The molecule has 6 heteroatoms. The Hall–Kier alpha value is -1.53. The van der Waals surface area contributed by atoms with Gasteiger partial charge in [0.25, 0.3) is 5.91 Å². The van der Waals surface area contributed by atoms with E-state index >= 15 is 0 Å². The lowest BCUT2D eigenvalue weighted by molar-refractivity contribution is -0.119. The Labute approximate surface area is 139 Å². The van der Waals surface area contributed by atoms with Crippen molar-refractivity contribution in [2.24, 2.45) is 5.73 Å². The standard InChI is InChI=1S/C15H14Br2N2O2/c16-13-6-1-10(7-14(13)17)8-19-11-2-4-12(5-3-11)21-9-15(18)20/h1-7,19H,8-9H2,(H2,18,20). The summed E-state index contributed by atoms with van der Waals surface area (Å²) < 4.78 is 7.26. The third-order valence-electron chi connectivity index (χ3n) is 2.72. The summed E-state index contributed by atoms with van der Waals surface area (Å²) in [6, 6.07) is 13.5.